The average molecular weight is 823 g/mol. The first kappa shape index (κ1) is 39.8. The normalized spacial score (nSPS) is 16.2. The second kappa shape index (κ2) is 13.5. The van der Waals surface area contributed by atoms with Crippen LogP contribution in [0, 0.1) is 6.92 Å². The first-order chi connectivity index (χ1) is 29.9. The second-order valence-corrected chi connectivity index (χ2v) is 22.2. The van der Waals surface area contributed by atoms with Gasteiger partial charge in [-0.25, -0.2) is 0 Å². The highest BCUT2D eigenvalue weighted by atomic mass is 16.3. The first-order valence-corrected chi connectivity index (χ1v) is 23.1. The SMILES string of the molecule is Cc1cc2c3c(c1)N(c1ccc(C(C)(C)C)cc1-c1ccccc1)c1cc4oc5ccccc5c4cc1B3N(c1ccc(C(C)(C)C)cc1)c1cc3c(cc1-2)C(C)(C)CCC3(C)C. The molecule has 1 aromatic heterocycles. The Kier molecular flexibility index (Phi) is 8.54. The fourth-order valence-corrected chi connectivity index (χ4v) is 11.1. The summed E-state index contributed by atoms with van der Waals surface area (Å²) in [6, 6.07) is 51.1. The Hall–Kier alpha value is -6.00. The molecular formula is C59H59BN2O. The Bertz CT molecular complexity index is 3160. The lowest BCUT2D eigenvalue weighted by atomic mass is 9.43. The molecule has 8 aromatic rings. The van der Waals surface area contributed by atoms with Gasteiger partial charge in [-0.1, -0.05) is 148 Å². The highest BCUT2D eigenvalue weighted by molar-refractivity contribution is 6.93. The zero-order valence-electron chi connectivity index (χ0n) is 39.0. The molecule has 63 heavy (non-hydrogen) atoms. The van der Waals surface area contributed by atoms with Gasteiger partial charge in [0.2, 0.25) is 0 Å². The molecule has 11 rings (SSSR count). The maximum Gasteiger partial charge on any atom is 0.333 e. The smallest absolute Gasteiger partial charge is 0.333 e. The lowest BCUT2D eigenvalue weighted by Gasteiger charge is -2.48. The van der Waals surface area contributed by atoms with Gasteiger partial charge in [0.15, 0.2) is 0 Å². The molecular weight excluding hydrogens is 763 g/mol. The Balaban J connectivity index is 1.29. The number of para-hydroxylation sites is 1. The van der Waals surface area contributed by atoms with E-state index in [1.807, 2.05) is 0 Å². The molecule has 2 aliphatic heterocycles. The van der Waals surface area contributed by atoms with E-state index in [1.165, 1.54) is 84.5 Å². The summed E-state index contributed by atoms with van der Waals surface area (Å²) in [6.07, 6.45) is 2.33. The molecule has 0 amide bonds. The number of hydrogen-bond donors (Lipinski definition) is 0. The van der Waals surface area contributed by atoms with Gasteiger partial charge < -0.3 is 14.1 Å². The van der Waals surface area contributed by atoms with Crippen LogP contribution in [0.25, 0.3) is 44.2 Å². The largest absolute Gasteiger partial charge is 0.456 e. The molecule has 0 atom stereocenters. The summed E-state index contributed by atoms with van der Waals surface area (Å²) in [5.74, 6) is 0. The van der Waals surface area contributed by atoms with E-state index in [2.05, 4.69) is 219 Å². The van der Waals surface area contributed by atoms with Crippen molar-refractivity contribution in [2.45, 2.75) is 111 Å². The number of aryl methyl sites for hydroxylation is 1. The molecule has 314 valence electrons. The molecule has 3 aliphatic rings. The number of furan rings is 1. The quantitative estimate of drug-likeness (QED) is 0.166. The summed E-state index contributed by atoms with van der Waals surface area (Å²) in [5, 5.41) is 2.29. The number of fused-ring (bicyclic) bond motifs is 8. The van der Waals surface area contributed by atoms with E-state index in [0.717, 1.165) is 39.7 Å². The number of benzene rings is 7. The second-order valence-electron chi connectivity index (χ2n) is 22.2. The molecule has 1 aliphatic carbocycles. The van der Waals surface area contributed by atoms with Crippen molar-refractivity contribution in [3.8, 4) is 22.3 Å². The summed E-state index contributed by atoms with van der Waals surface area (Å²) in [4.78, 5) is 5.28. The van der Waals surface area contributed by atoms with Gasteiger partial charge in [-0.05, 0) is 140 Å². The van der Waals surface area contributed by atoms with Gasteiger partial charge in [-0.2, -0.15) is 0 Å². The fraction of sp³-hybridized carbons (Fsp3) is 0.288. The third-order valence-corrected chi connectivity index (χ3v) is 14.9. The van der Waals surface area contributed by atoms with Crippen LogP contribution in [0.3, 0.4) is 0 Å². The van der Waals surface area contributed by atoms with Crippen LogP contribution in [0.1, 0.15) is 110 Å². The zero-order chi connectivity index (χ0) is 44.0. The van der Waals surface area contributed by atoms with Crippen LogP contribution in [0.5, 0.6) is 0 Å². The van der Waals surface area contributed by atoms with Gasteiger partial charge >= 0.3 is 6.85 Å². The van der Waals surface area contributed by atoms with Crippen molar-refractivity contribution in [1.29, 1.82) is 0 Å². The van der Waals surface area contributed by atoms with Gasteiger partial charge in [0, 0.05) is 50.7 Å². The van der Waals surface area contributed by atoms with Gasteiger partial charge in [0.05, 0.1) is 5.69 Å². The molecule has 0 N–H and O–H groups in total. The highest BCUT2D eigenvalue weighted by Crippen LogP contribution is 2.54. The average Bonchev–Trinajstić information content (AvgIpc) is 3.61. The standard InChI is InChI=1S/C59H59BN2O/c1-36-29-45-43-32-46-47(59(10,11)28-27-58(46,8)9)34-50(43)62(40-24-21-38(22-25-40)56(2,3)4)60-48-33-44-41-19-15-16-20-53(41)63-54(44)35-51(48)61(52(30-36)55(45)60)49-26-23-39(57(5,6)7)31-42(49)37-17-13-12-14-18-37/h12-26,29-35H,27-28H2,1-11H3. The zero-order valence-corrected chi connectivity index (χ0v) is 39.0. The van der Waals surface area contributed by atoms with Crippen LogP contribution < -0.4 is 20.6 Å². The van der Waals surface area contributed by atoms with Crippen LogP contribution in [-0.2, 0) is 21.7 Å². The molecule has 0 spiro atoms. The van der Waals surface area contributed by atoms with E-state index < -0.39 is 0 Å². The summed E-state index contributed by atoms with van der Waals surface area (Å²) < 4.78 is 6.78. The molecule has 7 aromatic carbocycles. The van der Waals surface area contributed by atoms with E-state index in [0.29, 0.717) is 0 Å². The number of rotatable bonds is 3. The number of hydrogen-bond acceptors (Lipinski definition) is 3. The summed E-state index contributed by atoms with van der Waals surface area (Å²) in [6.45, 7) is 25.9. The predicted molar refractivity (Wildman–Crippen MR) is 270 cm³/mol. The molecule has 0 saturated carbocycles. The Morgan fingerprint density at radius 2 is 1.17 bits per heavy atom. The van der Waals surface area contributed by atoms with Crippen molar-refractivity contribution in [3.05, 3.63) is 161 Å². The minimum absolute atomic E-state index is 0.0237. The third kappa shape index (κ3) is 6.15. The molecule has 4 heteroatoms. The van der Waals surface area contributed by atoms with E-state index in [9.17, 15) is 0 Å². The molecule has 0 saturated heterocycles. The van der Waals surface area contributed by atoms with Crippen LogP contribution in [0.2, 0.25) is 0 Å². The van der Waals surface area contributed by atoms with Crippen LogP contribution in [-0.4, -0.2) is 6.85 Å². The van der Waals surface area contributed by atoms with Crippen LogP contribution in [0.15, 0.2) is 138 Å². The van der Waals surface area contributed by atoms with Gasteiger partial charge in [0.25, 0.3) is 0 Å². The van der Waals surface area contributed by atoms with Crippen molar-refractivity contribution in [2.75, 3.05) is 9.71 Å². The highest BCUT2D eigenvalue weighted by Gasteiger charge is 2.48. The maximum atomic E-state index is 6.78. The summed E-state index contributed by atoms with van der Waals surface area (Å²) >= 11 is 0. The molecule has 0 unspecified atom stereocenters. The van der Waals surface area contributed by atoms with Crippen molar-refractivity contribution >= 4 is 68.1 Å². The fourth-order valence-electron chi connectivity index (χ4n) is 11.1. The summed E-state index contributed by atoms with van der Waals surface area (Å²) in [7, 11) is 0. The summed E-state index contributed by atoms with van der Waals surface area (Å²) in [5.41, 5.74) is 22.5. The molecule has 0 radical (unpaired) electrons. The molecule has 0 bridgehead atoms. The molecule has 3 nitrogen and oxygen atoms in total. The van der Waals surface area contributed by atoms with Crippen molar-refractivity contribution in [1.82, 2.24) is 0 Å². The Morgan fingerprint density at radius 3 is 1.87 bits per heavy atom. The van der Waals surface area contributed by atoms with E-state index in [4.69, 9.17) is 4.42 Å². The maximum absolute atomic E-state index is 6.78. The minimum atomic E-state index is -0.111. The van der Waals surface area contributed by atoms with Crippen molar-refractivity contribution in [2.24, 2.45) is 0 Å². The Morgan fingerprint density at radius 1 is 0.524 bits per heavy atom. The number of nitrogens with zero attached hydrogens (tertiary/aromatic N) is 2. The topological polar surface area (TPSA) is 19.6 Å². The number of anilines is 5. The van der Waals surface area contributed by atoms with Gasteiger partial charge in [0.1, 0.15) is 11.2 Å². The Labute approximate surface area is 374 Å². The monoisotopic (exact) mass is 822 g/mol. The lowest BCUT2D eigenvalue weighted by Crippen LogP contribution is -2.61. The predicted octanol–water partition coefficient (Wildman–Crippen LogP) is 15.2. The van der Waals surface area contributed by atoms with Crippen molar-refractivity contribution in [3.63, 3.8) is 0 Å². The van der Waals surface area contributed by atoms with Crippen molar-refractivity contribution < 1.29 is 4.42 Å². The minimum Gasteiger partial charge on any atom is -0.456 e. The first-order valence-electron chi connectivity index (χ1n) is 23.1. The van der Waals surface area contributed by atoms with Crippen LogP contribution >= 0.6 is 0 Å². The van der Waals surface area contributed by atoms with Gasteiger partial charge in [-0.3, -0.25) is 0 Å². The molecule has 3 heterocycles. The van der Waals surface area contributed by atoms with E-state index >= 15 is 0 Å². The van der Waals surface area contributed by atoms with Gasteiger partial charge in [-0.15, -0.1) is 0 Å². The third-order valence-electron chi connectivity index (χ3n) is 14.9. The van der Waals surface area contributed by atoms with E-state index in [1.54, 1.807) is 0 Å². The lowest BCUT2D eigenvalue weighted by molar-refractivity contribution is 0.332. The molecule has 0 fully saturated rings. The van der Waals surface area contributed by atoms with E-state index in [-0.39, 0.29) is 28.5 Å². The van der Waals surface area contributed by atoms with Crippen LogP contribution in [0.4, 0.5) is 28.4 Å².